The van der Waals surface area contributed by atoms with Crippen molar-refractivity contribution in [3.63, 3.8) is 0 Å². The van der Waals surface area contributed by atoms with Crippen LogP contribution in [0.1, 0.15) is 17.7 Å². The summed E-state index contributed by atoms with van der Waals surface area (Å²) in [4.78, 5) is 14.7. The van der Waals surface area contributed by atoms with Crippen molar-refractivity contribution in [3.8, 4) is 0 Å². The fourth-order valence-electron chi connectivity index (χ4n) is 1.62. The smallest absolute Gasteiger partial charge is 0.135 e. The molecule has 1 aliphatic heterocycles. The fourth-order valence-corrected chi connectivity index (χ4v) is 3.11. The molecule has 4 heteroatoms. The molecule has 76 valence electrons. The summed E-state index contributed by atoms with van der Waals surface area (Å²) in [5.74, 6) is 0.411. The minimum absolute atomic E-state index is 0.411. The average Bonchev–Trinajstić information content (AvgIpc) is 2.56. The number of carbonyl (C=O) groups excluding carboxylic acids is 1. The lowest BCUT2D eigenvalue weighted by atomic mass is 10.1. The van der Waals surface area contributed by atoms with Gasteiger partial charge in [-0.15, -0.1) is 11.3 Å². The number of likely N-dealkylation sites (tertiary alicyclic amines) is 1. The van der Waals surface area contributed by atoms with Gasteiger partial charge >= 0.3 is 0 Å². The normalized spacial score (nSPS) is 18.8. The molecule has 1 aromatic rings. The van der Waals surface area contributed by atoms with Gasteiger partial charge in [0.05, 0.1) is 0 Å². The molecule has 0 atom stereocenters. The first-order valence-electron chi connectivity index (χ1n) is 4.71. The van der Waals surface area contributed by atoms with E-state index >= 15 is 0 Å². The Kier molecular flexibility index (Phi) is 3.36. The van der Waals surface area contributed by atoms with Gasteiger partial charge in [0, 0.05) is 47.2 Å². The molecule has 2 rings (SSSR count). The van der Waals surface area contributed by atoms with Gasteiger partial charge in [-0.25, -0.2) is 0 Å². The van der Waals surface area contributed by atoms with Crippen molar-refractivity contribution in [1.29, 1.82) is 0 Å². The third-order valence-corrected chi connectivity index (χ3v) is 4.10. The first-order valence-corrected chi connectivity index (χ1v) is 6.38. The van der Waals surface area contributed by atoms with Gasteiger partial charge in [-0.1, -0.05) is 0 Å². The first-order chi connectivity index (χ1) is 6.74. The van der Waals surface area contributed by atoms with Crippen molar-refractivity contribution >= 4 is 33.0 Å². The Morgan fingerprint density at radius 2 is 2.14 bits per heavy atom. The van der Waals surface area contributed by atoms with Crippen molar-refractivity contribution < 1.29 is 4.79 Å². The Balaban J connectivity index is 1.89. The topological polar surface area (TPSA) is 20.3 Å². The summed E-state index contributed by atoms with van der Waals surface area (Å²) in [6.45, 7) is 2.84. The molecule has 0 bridgehead atoms. The van der Waals surface area contributed by atoms with E-state index in [4.69, 9.17) is 0 Å². The van der Waals surface area contributed by atoms with E-state index in [0.29, 0.717) is 5.78 Å². The lowest BCUT2D eigenvalue weighted by Crippen LogP contribution is -2.32. The van der Waals surface area contributed by atoms with Crippen molar-refractivity contribution in [1.82, 2.24) is 4.90 Å². The van der Waals surface area contributed by atoms with Crippen molar-refractivity contribution in [2.45, 2.75) is 19.4 Å². The number of nitrogens with zero attached hydrogens (tertiary/aromatic N) is 1. The Bertz CT molecular complexity index is 327. The highest BCUT2D eigenvalue weighted by molar-refractivity contribution is 9.10. The second-order valence-corrected chi connectivity index (χ2v) is 5.46. The van der Waals surface area contributed by atoms with Crippen LogP contribution in [0.2, 0.25) is 0 Å². The number of hydrogen-bond acceptors (Lipinski definition) is 3. The van der Waals surface area contributed by atoms with Crippen LogP contribution in [0.25, 0.3) is 0 Å². The lowest BCUT2D eigenvalue weighted by Gasteiger charge is -2.24. The second kappa shape index (κ2) is 4.55. The first kappa shape index (κ1) is 10.3. The largest absolute Gasteiger partial charge is 0.300 e. The zero-order valence-corrected chi connectivity index (χ0v) is 10.2. The quantitative estimate of drug-likeness (QED) is 0.826. The maximum Gasteiger partial charge on any atom is 0.135 e. The number of halogens is 1. The highest BCUT2D eigenvalue weighted by atomic mass is 79.9. The van der Waals surface area contributed by atoms with Crippen LogP contribution in [0.3, 0.4) is 0 Å². The van der Waals surface area contributed by atoms with Crippen molar-refractivity contribution in [2.75, 3.05) is 13.1 Å². The minimum Gasteiger partial charge on any atom is -0.300 e. The van der Waals surface area contributed by atoms with Crippen LogP contribution in [0.15, 0.2) is 15.9 Å². The molecule has 0 aromatic carbocycles. The Morgan fingerprint density at radius 1 is 1.43 bits per heavy atom. The van der Waals surface area contributed by atoms with Gasteiger partial charge in [0.15, 0.2) is 0 Å². The summed E-state index contributed by atoms with van der Waals surface area (Å²) in [6.07, 6.45) is 1.46. The van der Waals surface area contributed by atoms with Crippen molar-refractivity contribution in [3.05, 3.63) is 20.8 Å². The van der Waals surface area contributed by atoms with Crippen LogP contribution >= 0.6 is 27.3 Å². The standard InChI is InChI=1S/C10H12BrNOS/c11-8-5-10(14-7-8)6-12-3-1-9(13)2-4-12/h5,7H,1-4,6H2. The fraction of sp³-hybridized carbons (Fsp3) is 0.500. The summed E-state index contributed by atoms with van der Waals surface area (Å²) in [6, 6.07) is 2.15. The molecule has 1 fully saturated rings. The van der Waals surface area contributed by atoms with Crippen LogP contribution < -0.4 is 0 Å². The summed E-state index contributed by atoms with van der Waals surface area (Å²) >= 11 is 5.21. The SMILES string of the molecule is O=C1CCN(Cc2cc(Br)cs2)CC1. The Labute approximate surface area is 96.0 Å². The van der Waals surface area contributed by atoms with E-state index in [1.807, 2.05) is 0 Å². The van der Waals surface area contributed by atoms with E-state index in [9.17, 15) is 4.79 Å². The third kappa shape index (κ3) is 2.65. The molecule has 0 aliphatic carbocycles. The molecule has 0 spiro atoms. The molecule has 1 aromatic heterocycles. The number of hydrogen-bond donors (Lipinski definition) is 0. The maximum atomic E-state index is 11.0. The zero-order valence-electron chi connectivity index (χ0n) is 7.83. The minimum atomic E-state index is 0.411. The van der Waals surface area contributed by atoms with E-state index < -0.39 is 0 Å². The molecule has 0 amide bonds. The van der Waals surface area contributed by atoms with E-state index in [1.54, 1.807) is 11.3 Å². The highest BCUT2D eigenvalue weighted by Crippen LogP contribution is 2.22. The molecule has 2 heterocycles. The maximum absolute atomic E-state index is 11.0. The number of thiophene rings is 1. The van der Waals surface area contributed by atoms with E-state index in [1.165, 1.54) is 4.88 Å². The van der Waals surface area contributed by atoms with E-state index in [2.05, 4.69) is 32.3 Å². The summed E-state index contributed by atoms with van der Waals surface area (Å²) in [7, 11) is 0. The Hall–Kier alpha value is -0.190. The monoisotopic (exact) mass is 273 g/mol. The number of ketones is 1. The second-order valence-electron chi connectivity index (χ2n) is 3.55. The summed E-state index contributed by atoms with van der Waals surface area (Å²) < 4.78 is 1.16. The molecule has 14 heavy (non-hydrogen) atoms. The van der Waals surface area contributed by atoms with Crippen LogP contribution in [0.5, 0.6) is 0 Å². The lowest BCUT2D eigenvalue weighted by molar-refractivity contribution is -0.121. The molecule has 1 saturated heterocycles. The molecule has 0 unspecified atom stereocenters. The van der Waals surface area contributed by atoms with Crippen LogP contribution in [0.4, 0.5) is 0 Å². The van der Waals surface area contributed by atoms with Gasteiger partial charge in [-0.05, 0) is 22.0 Å². The molecule has 0 radical (unpaired) electrons. The molecule has 2 nitrogen and oxygen atoms in total. The summed E-state index contributed by atoms with van der Waals surface area (Å²) in [5, 5.41) is 2.10. The molecular formula is C10H12BrNOS. The predicted octanol–water partition coefficient (Wildman–Crippen LogP) is 2.68. The molecular weight excluding hydrogens is 262 g/mol. The van der Waals surface area contributed by atoms with Crippen LogP contribution in [-0.4, -0.2) is 23.8 Å². The predicted molar refractivity (Wildman–Crippen MR) is 61.5 cm³/mol. The van der Waals surface area contributed by atoms with Crippen LogP contribution in [-0.2, 0) is 11.3 Å². The van der Waals surface area contributed by atoms with Gasteiger partial charge in [-0.2, -0.15) is 0 Å². The van der Waals surface area contributed by atoms with Gasteiger partial charge < -0.3 is 0 Å². The third-order valence-electron chi connectivity index (χ3n) is 2.41. The molecule has 0 N–H and O–H groups in total. The summed E-state index contributed by atoms with van der Waals surface area (Å²) in [5.41, 5.74) is 0. The number of carbonyl (C=O) groups is 1. The van der Waals surface area contributed by atoms with Gasteiger partial charge in [0.1, 0.15) is 5.78 Å². The number of rotatable bonds is 2. The van der Waals surface area contributed by atoms with E-state index in [0.717, 1.165) is 36.9 Å². The number of piperidine rings is 1. The van der Waals surface area contributed by atoms with E-state index in [-0.39, 0.29) is 0 Å². The molecule has 1 aliphatic rings. The molecule has 0 saturated carbocycles. The Morgan fingerprint density at radius 3 is 2.71 bits per heavy atom. The highest BCUT2D eigenvalue weighted by Gasteiger charge is 2.16. The zero-order chi connectivity index (χ0) is 9.97. The van der Waals surface area contributed by atoms with Crippen molar-refractivity contribution in [2.24, 2.45) is 0 Å². The van der Waals surface area contributed by atoms with Gasteiger partial charge in [0.25, 0.3) is 0 Å². The number of Topliss-reactive ketones (excluding diaryl/α,β-unsaturated/α-hetero) is 1. The van der Waals surface area contributed by atoms with Crippen LogP contribution in [0, 0.1) is 0 Å². The average molecular weight is 274 g/mol. The van der Waals surface area contributed by atoms with Gasteiger partial charge in [0.2, 0.25) is 0 Å². The van der Waals surface area contributed by atoms with Gasteiger partial charge in [-0.3, -0.25) is 9.69 Å².